The third kappa shape index (κ3) is 4.34. The maximum Gasteiger partial charge on any atom is 0.417 e. The van der Waals surface area contributed by atoms with E-state index in [1.165, 1.54) is 31.2 Å². The fourth-order valence-electron chi connectivity index (χ4n) is 1.61. The van der Waals surface area contributed by atoms with Crippen LogP contribution >= 0.6 is 0 Å². The van der Waals surface area contributed by atoms with Gasteiger partial charge in [0.1, 0.15) is 11.5 Å². The summed E-state index contributed by atoms with van der Waals surface area (Å²) in [4.78, 5) is 14.0. The van der Waals surface area contributed by atoms with Crippen molar-refractivity contribution in [2.24, 2.45) is 0 Å². The molecule has 0 aliphatic carbocycles. The summed E-state index contributed by atoms with van der Waals surface area (Å²) in [5, 5.41) is 8.72. The summed E-state index contributed by atoms with van der Waals surface area (Å²) in [5.41, 5.74) is -1.22. The first-order valence-corrected chi connectivity index (χ1v) is 6.57. The fourth-order valence-corrected chi connectivity index (χ4v) is 1.61. The summed E-state index contributed by atoms with van der Waals surface area (Å²) in [6.07, 6.45) is -5.30. The number of hydrogen-bond acceptors (Lipinski definition) is 4. The van der Waals surface area contributed by atoms with E-state index >= 15 is 0 Å². The number of nitrogens with zero attached hydrogens (tertiary/aromatic N) is 1. The van der Waals surface area contributed by atoms with Gasteiger partial charge in [-0.2, -0.15) is 13.2 Å². The van der Waals surface area contributed by atoms with Gasteiger partial charge >= 0.3 is 12.1 Å². The van der Waals surface area contributed by atoms with Crippen LogP contribution < -0.4 is 9.47 Å². The Morgan fingerprint density at radius 2 is 1.79 bits per heavy atom. The molecule has 0 saturated carbocycles. The summed E-state index contributed by atoms with van der Waals surface area (Å²) in [6, 6.07) is 5.70. The minimum atomic E-state index is -4.70. The monoisotopic (exact) mass is 345 g/mol. The highest BCUT2D eigenvalue weighted by atomic mass is 19.4. The smallest absolute Gasteiger partial charge is 0.417 e. The predicted octanol–water partition coefficient (Wildman–Crippen LogP) is 3.88. The lowest BCUT2D eigenvalue weighted by molar-refractivity contribution is -0.144. The highest BCUT2D eigenvalue weighted by Gasteiger charge is 2.32. The molecule has 128 valence electrons. The van der Waals surface area contributed by atoms with Crippen LogP contribution in [0.25, 0.3) is 0 Å². The maximum absolute atomic E-state index is 13.6. The maximum atomic E-state index is 13.6. The third-order valence-corrected chi connectivity index (χ3v) is 2.83. The van der Waals surface area contributed by atoms with Gasteiger partial charge in [0, 0.05) is 6.20 Å². The highest BCUT2D eigenvalue weighted by molar-refractivity contribution is 5.72. The molecule has 1 aromatic carbocycles. The normalized spacial score (nSPS) is 12.5. The molecule has 2 rings (SSSR count). The number of halogens is 4. The second-order valence-corrected chi connectivity index (χ2v) is 4.68. The van der Waals surface area contributed by atoms with Crippen LogP contribution in [-0.2, 0) is 11.0 Å². The van der Waals surface area contributed by atoms with Crippen LogP contribution in [0.2, 0.25) is 0 Å². The van der Waals surface area contributed by atoms with E-state index in [1.54, 1.807) is 0 Å². The molecule has 24 heavy (non-hydrogen) atoms. The number of carboxylic acids is 1. The molecule has 0 unspecified atom stereocenters. The first kappa shape index (κ1) is 17.5. The van der Waals surface area contributed by atoms with Gasteiger partial charge in [-0.15, -0.1) is 0 Å². The number of aliphatic carboxylic acids is 1. The molecule has 0 amide bonds. The fraction of sp³-hybridized carbons (Fsp3) is 0.200. The van der Waals surface area contributed by atoms with Gasteiger partial charge in [0.25, 0.3) is 5.88 Å². The SMILES string of the molecule is C[C@@H](Oc1ccc(Oc2ncc(C(F)(F)F)cc2F)cc1)C(=O)O. The zero-order chi connectivity index (χ0) is 17.9. The molecule has 0 radical (unpaired) electrons. The zero-order valence-electron chi connectivity index (χ0n) is 12.2. The summed E-state index contributed by atoms with van der Waals surface area (Å²) >= 11 is 0. The van der Waals surface area contributed by atoms with Crippen molar-refractivity contribution in [2.45, 2.75) is 19.2 Å². The molecule has 1 N–H and O–H groups in total. The van der Waals surface area contributed by atoms with Gasteiger partial charge in [-0.25, -0.2) is 14.2 Å². The first-order chi connectivity index (χ1) is 11.2. The van der Waals surface area contributed by atoms with Crippen molar-refractivity contribution in [1.82, 2.24) is 4.98 Å². The van der Waals surface area contributed by atoms with Gasteiger partial charge in [-0.1, -0.05) is 0 Å². The third-order valence-electron chi connectivity index (χ3n) is 2.83. The lowest BCUT2D eigenvalue weighted by Crippen LogP contribution is -2.22. The van der Waals surface area contributed by atoms with E-state index in [0.29, 0.717) is 6.20 Å². The minimum absolute atomic E-state index is 0.0940. The van der Waals surface area contributed by atoms with Gasteiger partial charge in [-0.3, -0.25) is 0 Å². The molecular formula is C15H11F4NO4. The first-order valence-electron chi connectivity index (χ1n) is 6.57. The van der Waals surface area contributed by atoms with Crippen LogP contribution in [0.5, 0.6) is 17.4 Å². The highest BCUT2D eigenvalue weighted by Crippen LogP contribution is 2.32. The van der Waals surface area contributed by atoms with E-state index in [0.717, 1.165) is 0 Å². The second kappa shape index (κ2) is 6.73. The van der Waals surface area contributed by atoms with Gasteiger partial charge in [-0.05, 0) is 37.3 Å². The van der Waals surface area contributed by atoms with Crippen molar-refractivity contribution in [2.75, 3.05) is 0 Å². The van der Waals surface area contributed by atoms with Gasteiger partial charge in [0.2, 0.25) is 0 Å². The van der Waals surface area contributed by atoms with Crippen molar-refractivity contribution in [3.05, 3.63) is 47.9 Å². The number of ether oxygens (including phenoxy) is 2. The van der Waals surface area contributed by atoms with E-state index < -0.39 is 35.5 Å². The molecule has 5 nitrogen and oxygen atoms in total. The summed E-state index contributed by atoms with van der Waals surface area (Å²) in [6.45, 7) is 1.34. The predicted molar refractivity (Wildman–Crippen MR) is 73.4 cm³/mol. The standard InChI is InChI=1S/C15H11F4NO4/c1-8(14(21)22)23-10-2-4-11(5-3-10)24-13-12(16)6-9(7-20-13)15(17,18)19/h2-8H,1H3,(H,21,22)/t8-/m1/s1. The van der Waals surface area contributed by atoms with Crippen molar-refractivity contribution in [1.29, 1.82) is 0 Å². The average molecular weight is 345 g/mol. The summed E-state index contributed by atoms with van der Waals surface area (Å²) < 4.78 is 61.1. The molecule has 0 fully saturated rings. The van der Waals surface area contributed by atoms with E-state index in [9.17, 15) is 22.4 Å². The molecule has 0 bridgehead atoms. The molecule has 0 aliphatic rings. The van der Waals surface area contributed by atoms with Crippen LogP contribution in [-0.4, -0.2) is 22.2 Å². The van der Waals surface area contributed by atoms with Crippen molar-refractivity contribution < 1.29 is 36.9 Å². The van der Waals surface area contributed by atoms with Crippen molar-refractivity contribution >= 4 is 5.97 Å². The van der Waals surface area contributed by atoms with Crippen LogP contribution in [0.4, 0.5) is 17.6 Å². The number of carboxylic acid groups (broad SMARTS) is 1. The van der Waals surface area contributed by atoms with E-state index in [2.05, 4.69) is 4.98 Å². The summed E-state index contributed by atoms with van der Waals surface area (Å²) in [7, 11) is 0. The zero-order valence-corrected chi connectivity index (χ0v) is 12.2. The lowest BCUT2D eigenvalue weighted by Gasteiger charge is -2.11. The Morgan fingerprint density at radius 3 is 2.29 bits per heavy atom. The molecule has 1 heterocycles. The summed E-state index contributed by atoms with van der Waals surface area (Å²) in [5.74, 6) is -2.69. The lowest BCUT2D eigenvalue weighted by atomic mass is 10.2. The Morgan fingerprint density at radius 1 is 1.21 bits per heavy atom. The number of aromatic nitrogens is 1. The van der Waals surface area contributed by atoms with Crippen LogP contribution in [0, 0.1) is 5.82 Å². The molecule has 0 spiro atoms. The van der Waals surface area contributed by atoms with Gasteiger partial charge < -0.3 is 14.6 Å². The van der Waals surface area contributed by atoms with Gasteiger partial charge in [0.05, 0.1) is 5.56 Å². The Kier molecular flexibility index (Phi) is 4.91. The van der Waals surface area contributed by atoms with Crippen LogP contribution in [0.3, 0.4) is 0 Å². The van der Waals surface area contributed by atoms with Crippen LogP contribution in [0.1, 0.15) is 12.5 Å². The van der Waals surface area contributed by atoms with E-state index in [-0.39, 0.29) is 17.6 Å². The van der Waals surface area contributed by atoms with Gasteiger partial charge in [0.15, 0.2) is 11.9 Å². The Bertz CT molecular complexity index is 731. The topological polar surface area (TPSA) is 68.7 Å². The number of pyridine rings is 1. The molecule has 0 aliphatic heterocycles. The number of hydrogen-bond donors (Lipinski definition) is 1. The molecule has 2 aromatic rings. The number of rotatable bonds is 5. The van der Waals surface area contributed by atoms with E-state index in [1.807, 2.05) is 0 Å². The quantitative estimate of drug-likeness (QED) is 0.833. The molecule has 9 heteroatoms. The average Bonchev–Trinajstić information content (AvgIpc) is 2.50. The Hall–Kier alpha value is -2.84. The second-order valence-electron chi connectivity index (χ2n) is 4.68. The van der Waals surface area contributed by atoms with Crippen molar-refractivity contribution in [3.8, 4) is 17.4 Å². The molecular weight excluding hydrogens is 334 g/mol. The Labute approximate surface area is 133 Å². The molecule has 1 aromatic heterocycles. The van der Waals surface area contributed by atoms with Crippen molar-refractivity contribution in [3.63, 3.8) is 0 Å². The molecule has 1 atom stereocenters. The van der Waals surface area contributed by atoms with E-state index in [4.69, 9.17) is 14.6 Å². The molecule has 0 saturated heterocycles. The Balaban J connectivity index is 2.10. The minimum Gasteiger partial charge on any atom is -0.479 e. The number of alkyl halides is 3. The van der Waals surface area contributed by atoms with Crippen LogP contribution in [0.15, 0.2) is 36.5 Å². The number of benzene rings is 1. The number of carbonyl (C=O) groups is 1. The largest absolute Gasteiger partial charge is 0.479 e.